The van der Waals surface area contributed by atoms with Crippen LogP contribution in [0, 0.1) is 6.92 Å². The molecule has 1 aliphatic heterocycles. The van der Waals surface area contributed by atoms with Gasteiger partial charge in [0, 0.05) is 22.3 Å². The molecule has 0 bridgehead atoms. The van der Waals surface area contributed by atoms with Crippen LogP contribution in [-0.4, -0.2) is 35.6 Å². The van der Waals surface area contributed by atoms with Gasteiger partial charge in [0.05, 0.1) is 23.2 Å². The van der Waals surface area contributed by atoms with Crippen molar-refractivity contribution in [2.24, 2.45) is 0 Å². The Balaban J connectivity index is 1.75. The van der Waals surface area contributed by atoms with E-state index in [9.17, 15) is 13.2 Å². The van der Waals surface area contributed by atoms with E-state index in [-0.39, 0.29) is 23.5 Å². The van der Waals surface area contributed by atoms with Crippen LogP contribution in [0.1, 0.15) is 23.7 Å². The quantitative estimate of drug-likeness (QED) is 0.777. The molecule has 1 amide bonds. The van der Waals surface area contributed by atoms with Gasteiger partial charge in [0.2, 0.25) is 5.91 Å². The summed E-state index contributed by atoms with van der Waals surface area (Å²) < 4.78 is 24.9. The Morgan fingerprint density at radius 1 is 1.38 bits per heavy atom. The van der Waals surface area contributed by atoms with Crippen LogP contribution in [0.15, 0.2) is 30.3 Å². The zero-order valence-corrected chi connectivity index (χ0v) is 16.3. The smallest absolute Gasteiger partial charge is 0.248 e. The number of hydrogen-bond donors (Lipinski definition) is 1. The fourth-order valence-corrected chi connectivity index (χ4v) is 5.10. The van der Waals surface area contributed by atoms with Crippen LogP contribution >= 0.6 is 23.2 Å². The monoisotopic (exact) mass is 413 g/mol. The van der Waals surface area contributed by atoms with E-state index >= 15 is 0 Å². The molecule has 1 aromatic heterocycles. The van der Waals surface area contributed by atoms with Crippen LogP contribution in [0.5, 0.6) is 0 Å². The van der Waals surface area contributed by atoms with Gasteiger partial charge < -0.3 is 5.32 Å². The maximum Gasteiger partial charge on any atom is 0.248 e. The van der Waals surface area contributed by atoms with Gasteiger partial charge in [0.25, 0.3) is 0 Å². The number of aromatic nitrogens is 2. The molecule has 2 heterocycles. The zero-order valence-electron chi connectivity index (χ0n) is 13.9. The summed E-state index contributed by atoms with van der Waals surface area (Å²) in [6, 6.07) is 6.56. The third kappa shape index (κ3) is 4.28. The zero-order chi connectivity index (χ0) is 18.9. The molecule has 26 heavy (non-hydrogen) atoms. The van der Waals surface area contributed by atoms with E-state index < -0.39 is 9.84 Å². The minimum absolute atomic E-state index is 0.0340. The van der Waals surface area contributed by atoms with Crippen molar-refractivity contribution in [2.45, 2.75) is 19.4 Å². The highest BCUT2D eigenvalue weighted by atomic mass is 35.5. The number of nitrogens with zero attached hydrogens (tertiary/aromatic N) is 2. The highest BCUT2D eigenvalue weighted by Crippen LogP contribution is 2.30. The lowest BCUT2D eigenvalue weighted by Crippen LogP contribution is -2.12. The number of benzene rings is 1. The van der Waals surface area contributed by atoms with Crippen molar-refractivity contribution in [3.63, 3.8) is 0 Å². The average Bonchev–Trinajstić information content (AvgIpc) is 3.05. The van der Waals surface area contributed by atoms with Crippen molar-refractivity contribution < 1.29 is 13.2 Å². The summed E-state index contributed by atoms with van der Waals surface area (Å²) in [6.45, 7) is 1.76. The predicted molar refractivity (Wildman–Crippen MR) is 103 cm³/mol. The molecule has 0 unspecified atom stereocenters. The average molecular weight is 414 g/mol. The van der Waals surface area contributed by atoms with Crippen LogP contribution in [0.4, 0.5) is 5.69 Å². The van der Waals surface area contributed by atoms with E-state index in [1.54, 1.807) is 37.3 Å². The highest BCUT2D eigenvalue weighted by Gasteiger charge is 2.31. The lowest BCUT2D eigenvalue weighted by molar-refractivity contribution is -0.111. The number of rotatable bonds is 4. The summed E-state index contributed by atoms with van der Waals surface area (Å²) in [5, 5.41) is 7.91. The largest absolute Gasteiger partial charge is 0.322 e. The van der Waals surface area contributed by atoms with Gasteiger partial charge in [-0.1, -0.05) is 29.3 Å². The van der Waals surface area contributed by atoms with Crippen LogP contribution in [0.25, 0.3) is 6.08 Å². The van der Waals surface area contributed by atoms with Crippen molar-refractivity contribution in [1.29, 1.82) is 0 Å². The van der Waals surface area contributed by atoms with Crippen molar-refractivity contribution in [3.8, 4) is 0 Å². The Hall–Kier alpha value is -1.83. The molecule has 3 rings (SSSR count). The van der Waals surface area contributed by atoms with Gasteiger partial charge in [-0.15, -0.1) is 0 Å². The van der Waals surface area contributed by atoms with E-state index in [4.69, 9.17) is 23.2 Å². The molecule has 1 saturated heterocycles. The molecule has 1 fully saturated rings. The Morgan fingerprint density at radius 3 is 2.81 bits per heavy atom. The predicted octanol–water partition coefficient (Wildman–Crippen LogP) is 3.51. The minimum Gasteiger partial charge on any atom is -0.322 e. The number of amides is 1. The fourth-order valence-electron chi connectivity index (χ4n) is 2.84. The second-order valence-electron chi connectivity index (χ2n) is 6.12. The van der Waals surface area contributed by atoms with E-state index in [0.717, 1.165) is 0 Å². The summed E-state index contributed by atoms with van der Waals surface area (Å²) in [6.07, 6.45) is 3.42. The van der Waals surface area contributed by atoms with Crippen LogP contribution in [0.3, 0.4) is 0 Å². The number of halogens is 2. The van der Waals surface area contributed by atoms with Gasteiger partial charge >= 0.3 is 0 Å². The summed E-state index contributed by atoms with van der Waals surface area (Å²) in [7, 11) is -3.04. The molecule has 1 N–H and O–H groups in total. The number of nitrogens with one attached hydrogen (secondary N) is 1. The molecular formula is C17H17Cl2N3O3S. The number of anilines is 1. The summed E-state index contributed by atoms with van der Waals surface area (Å²) in [4.78, 5) is 12.1. The Morgan fingerprint density at radius 2 is 2.15 bits per heavy atom. The molecule has 0 saturated carbocycles. The second-order valence-corrected chi connectivity index (χ2v) is 9.15. The number of carbonyl (C=O) groups is 1. The van der Waals surface area contributed by atoms with Gasteiger partial charge in [-0.05, 0) is 37.6 Å². The molecule has 6 nitrogen and oxygen atoms in total. The first-order valence-corrected chi connectivity index (χ1v) is 10.5. The molecular weight excluding hydrogens is 397 g/mol. The van der Waals surface area contributed by atoms with Crippen molar-refractivity contribution in [1.82, 2.24) is 9.78 Å². The summed E-state index contributed by atoms with van der Waals surface area (Å²) >= 11 is 12.3. The van der Waals surface area contributed by atoms with E-state index in [1.165, 1.54) is 10.8 Å². The summed E-state index contributed by atoms with van der Waals surface area (Å²) in [5.41, 5.74) is 1.81. The Kier molecular flexibility index (Phi) is 5.41. The van der Waals surface area contributed by atoms with Crippen LogP contribution < -0.4 is 5.32 Å². The maximum atomic E-state index is 12.1. The summed E-state index contributed by atoms with van der Waals surface area (Å²) in [5.74, 6) is -0.161. The van der Waals surface area contributed by atoms with Crippen LogP contribution in [0.2, 0.25) is 10.2 Å². The van der Waals surface area contributed by atoms with E-state index in [1.807, 2.05) is 0 Å². The first-order chi connectivity index (χ1) is 12.2. The highest BCUT2D eigenvalue weighted by molar-refractivity contribution is 7.91. The van der Waals surface area contributed by atoms with E-state index in [0.29, 0.717) is 33.5 Å². The third-order valence-electron chi connectivity index (χ3n) is 4.12. The molecule has 9 heteroatoms. The van der Waals surface area contributed by atoms with Gasteiger partial charge in [-0.25, -0.2) is 13.1 Å². The van der Waals surface area contributed by atoms with Gasteiger partial charge in [0.15, 0.2) is 9.84 Å². The third-order valence-corrected chi connectivity index (χ3v) is 6.48. The molecule has 1 atom stereocenters. The number of sulfone groups is 1. The first-order valence-electron chi connectivity index (χ1n) is 7.95. The number of hydrogen-bond acceptors (Lipinski definition) is 4. The molecule has 0 spiro atoms. The molecule has 0 radical (unpaired) electrons. The van der Waals surface area contributed by atoms with Crippen molar-refractivity contribution in [3.05, 3.63) is 51.8 Å². The molecule has 138 valence electrons. The van der Waals surface area contributed by atoms with Crippen molar-refractivity contribution >= 4 is 50.7 Å². The second kappa shape index (κ2) is 7.42. The Bertz CT molecular complexity index is 983. The first kappa shape index (κ1) is 18.9. The lowest BCUT2D eigenvalue weighted by atomic mass is 10.2. The van der Waals surface area contributed by atoms with E-state index in [2.05, 4.69) is 10.4 Å². The molecule has 1 aromatic carbocycles. The maximum absolute atomic E-state index is 12.1. The standard InChI is InChI=1S/C17H17Cl2N3O3S/c1-11-15(5-6-16(23)20-13-4-2-3-12(18)9-13)17(19)22(21-11)14-7-8-26(24,25)10-14/h2-6,9,14H,7-8,10H2,1H3,(H,20,23)/b6-5+/t14-/m0/s1. The fraction of sp³-hybridized carbons (Fsp3) is 0.294. The SMILES string of the molecule is Cc1nn([C@H]2CCS(=O)(=O)C2)c(Cl)c1/C=C/C(=O)Nc1cccc(Cl)c1. The minimum atomic E-state index is -3.04. The van der Waals surface area contributed by atoms with Gasteiger partial charge in [0.1, 0.15) is 5.15 Å². The molecule has 2 aromatic rings. The molecule has 1 aliphatic rings. The topological polar surface area (TPSA) is 81.1 Å². The van der Waals surface area contributed by atoms with Crippen molar-refractivity contribution in [2.75, 3.05) is 16.8 Å². The Labute approximate surface area is 161 Å². The van der Waals surface area contributed by atoms with Crippen LogP contribution in [-0.2, 0) is 14.6 Å². The lowest BCUT2D eigenvalue weighted by Gasteiger charge is -2.09. The number of aryl methyl sites for hydroxylation is 1. The number of carbonyl (C=O) groups excluding carboxylic acids is 1. The molecule has 0 aliphatic carbocycles. The van der Waals surface area contributed by atoms with Gasteiger partial charge in [-0.3, -0.25) is 4.79 Å². The normalized spacial score (nSPS) is 19.1. The van der Waals surface area contributed by atoms with Gasteiger partial charge in [-0.2, -0.15) is 5.10 Å².